The van der Waals surface area contributed by atoms with Gasteiger partial charge in [0.15, 0.2) is 16.8 Å². The van der Waals surface area contributed by atoms with Gasteiger partial charge >= 0.3 is 0 Å². The highest BCUT2D eigenvalue weighted by Gasteiger charge is 2.18. The van der Waals surface area contributed by atoms with Gasteiger partial charge in [-0.05, 0) is 43.3 Å². The number of Topliss-reactive ketones (excluding diaryl/α,β-unsaturated/α-hetero) is 1. The number of benzene rings is 2. The minimum Gasteiger partial charge on any atom is -0.293 e. The molecule has 2 aromatic carbocycles. The van der Waals surface area contributed by atoms with Crippen LogP contribution < -0.4 is 0 Å². The Hall–Kier alpha value is -2.96. The average Bonchev–Trinajstić information content (AvgIpc) is 3.17. The number of rotatable bonds is 6. The average molecular weight is 421 g/mol. The topological polar surface area (TPSA) is 60.7 Å². The van der Waals surface area contributed by atoms with Crippen molar-refractivity contribution in [1.82, 2.24) is 19.7 Å². The number of carbonyl (C=O) groups is 1. The molecule has 0 radical (unpaired) electrons. The Kier molecular flexibility index (Phi) is 5.74. The fraction of sp³-hybridized carbons (Fsp3) is 0.0909. The molecular formula is C22H17ClN4OS. The number of halogens is 1. The Labute approximate surface area is 177 Å². The molecule has 0 bridgehead atoms. The molecule has 0 aliphatic carbocycles. The van der Waals surface area contributed by atoms with E-state index >= 15 is 0 Å². The van der Waals surface area contributed by atoms with Gasteiger partial charge in [0.2, 0.25) is 0 Å². The maximum Gasteiger partial charge on any atom is 0.196 e. The first kappa shape index (κ1) is 19.4. The van der Waals surface area contributed by atoms with E-state index < -0.39 is 0 Å². The number of hydrogen-bond donors (Lipinski definition) is 0. The lowest BCUT2D eigenvalue weighted by Crippen LogP contribution is -2.05. The Balaban J connectivity index is 1.68. The first-order valence-corrected chi connectivity index (χ1v) is 10.3. The summed E-state index contributed by atoms with van der Waals surface area (Å²) in [5.41, 5.74) is 3.50. The number of aromatic nitrogens is 4. The van der Waals surface area contributed by atoms with Crippen LogP contribution in [0.2, 0.25) is 5.02 Å². The summed E-state index contributed by atoms with van der Waals surface area (Å²) in [4.78, 5) is 16.7. The van der Waals surface area contributed by atoms with Crippen LogP contribution in [0.25, 0.3) is 17.1 Å². The van der Waals surface area contributed by atoms with Crippen LogP contribution in [0.5, 0.6) is 0 Å². The molecule has 4 rings (SSSR count). The zero-order chi connectivity index (χ0) is 20.2. The summed E-state index contributed by atoms with van der Waals surface area (Å²) in [6.07, 6.45) is 3.44. The van der Waals surface area contributed by atoms with E-state index in [1.54, 1.807) is 36.7 Å². The van der Waals surface area contributed by atoms with E-state index in [0.29, 0.717) is 21.6 Å². The number of hydrogen-bond acceptors (Lipinski definition) is 5. The molecule has 0 spiro atoms. The van der Waals surface area contributed by atoms with E-state index in [-0.39, 0.29) is 11.5 Å². The molecule has 0 saturated carbocycles. The normalized spacial score (nSPS) is 10.8. The summed E-state index contributed by atoms with van der Waals surface area (Å²) in [7, 11) is 0. The molecule has 5 nitrogen and oxygen atoms in total. The van der Waals surface area contributed by atoms with Crippen molar-refractivity contribution in [2.75, 3.05) is 5.75 Å². The number of aryl methyl sites for hydroxylation is 1. The fourth-order valence-corrected chi connectivity index (χ4v) is 3.95. The second-order valence-corrected chi connectivity index (χ2v) is 7.75. The van der Waals surface area contributed by atoms with Crippen molar-refractivity contribution in [3.05, 3.63) is 89.2 Å². The second-order valence-electron chi connectivity index (χ2n) is 6.40. The molecule has 0 amide bonds. The van der Waals surface area contributed by atoms with Crippen LogP contribution in [0.15, 0.2) is 78.2 Å². The Morgan fingerprint density at radius 3 is 2.45 bits per heavy atom. The lowest BCUT2D eigenvalue weighted by atomic mass is 10.1. The highest BCUT2D eigenvalue weighted by atomic mass is 35.5. The number of nitrogens with zero attached hydrogens (tertiary/aromatic N) is 4. The molecule has 144 valence electrons. The minimum atomic E-state index is -0.0514. The summed E-state index contributed by atoms with van der Waals surface area (Å²) in [6, 6.07) is 18.9. The van der Waals surface area contributed by atoms with Crippen molar-refractivity contribution < 1.29 is 4.79 Å². The molecule has 2 heterocycles. The van der Waals surface area contributed by atoms with Gasteiger partial charge in [0.05, 0.1) is 10.8 Å². The molecule has 0 fully saturated rings. The third kappa shape index (κ3) is 4.23. The molecule has 2 aromatic heterocycles. The van der Waals surface area contributed by atoms with E-state index in [0.717, 1.165) is 16.8 Å². The molecule has 0 aliphatic heterocycles. The molecule has 0 unspecified atom stereocenters. The van der Waals surface area contributed by atoms with Crippen molar-refractivity contribution in [3.8, 4) is 17.1 Å². The predicted molar refractivity (Wildman–Crippen MR) is 116 cm³/mol. The van der Waals surface area contributed by atoms with Crippen LogP contribution in [-0.4, -0.2) is 31.3 Å². The highest BCUT2D eigenvalue weighted by molar-refractivity contribution is 7.99. The van der Waals surface area contributed by atoms with Gasteiger partial charge in [0, 0.05) is 29.2 Å². The van der Waals surface area contributed by atoms with Crippen molar-refractivity contribution in [3.63, 3.8) is 0 Å². The highest BCUT2D eigenvalue weighted by Crippen LogP contribution is 2.29. The van der Waals surface area contributed by atoms with Gasteiger partial charge < -0.3 is 0 Å². The van der Waals surface area contributed by atoms with Gasteiger partial charge in [0.1, 0.15) is 0 Å². The summed E-state index contributed by atoms with van der Waals surface area (Å²) >= 11 is 7.50. The molecular weight excluding hydrogens is 404 g/mol. The quantitative estimate of drug-likeness (QED) is 0.314. The summed E-state index contributed by atoms with van der Waals surface area (Å²) in [6.45, 7) is 2.04. The van der Waals surface area contributed by atoms with E-state index in [1.807, 2.05) is 47.9 Å². The van der Waals surface area contributed by atoms with Crippen LogP contribution >= 0.6 is 23.4 Å². The van der Waals surface area contributed by atoms with Crippen LogP contribution in [0, 0.1) is 6.92 Å². The Morgan fingerprint density at radius 2 is 1.72 bits per heavy atom. The number of carbonyl (C=O) groups excluding carboxylic acids is 1. The third-order valence-electron chi connectivity index (χ3n) is 4.37. The fourth-order valence-electron chi connectivity index (χ4n) is 2.87. The summed E-state index contributed by atoms with van der Waals surface area (Å²) in [5.74, 6) is 0.859. The van der Waals surface area contributed by atoms with Crippen molar-refractivity contribution in [2.24, 2.45) is 0 Å². The second kappa shape index (κ2) is 8.59. The molecule has 7 heteroatoms. The lowest BCUT2D eigenvalue weighted by Gasteiger charge is -2.10. The van der Waals surface area contributed by atoms with Gasteiger partial charge in [-0.15, -0.1) is 10.2 Å². The van der Waals surface area contributed by atoms with Crippen LogP contribution in [0.1, 0.15) is 15.9 Å². The van der Waals surface area contributed by atoms with Gasteiger partial charge in [0.25, 0.3) is 0 Å². The van der Waals surface area contributed by atoms with Crippen LogP contribution in [-0.2, 0) is 0 Å². The lowest BCUT2D eigenvalue weighted by molar-refractivity contribution is 0.102. The van der Waals surface area contributed by atoms with Crippen molar-refractivity contribution >= 4 is 29.1 Å². The Bertz CT molecular complexity index is 1140. The molecule has 0 atom stereocenters. The van der Waals surface area contributed by atoms with Crippen molar-refractivity contribution in [2.45, 2.75) is 12.1 Å². The largest absolute Gasteiger partial charge is 0.293 e. The molecule has 0 aliphatic rings. The van der Waals surface area contributed by atoms with Crippen LogP contribution in [0.4, 0.5) is 0 Å². The number of pyridine rings is 1. The first-order valence-electron chi connectivity index (χ1n) is 8.97. The molecule has 4 aromatic rings. The van der Waals surface area contributed by atoms with Gasteiger partial charge in [-0.1, -0.05) is 53.2 Å². The number of thioether (sulfide) groups is 1. The maximum atomic E-state index is 12.6. The summed E-state index contributed by atoms with van der Waals surface area (Å²) in [5, 5.41) is 9.82. The van der Waals surface area contributed by atoms with Gasteiger partial charge in [-0.25, -0.2) is 0 Å². The zero-order valence-electron chi connectivity index (χ0n) is 15.6. The SMILES string of the molecule is Cc1ccc(-n2c(SCC(=O)c3ccccc3Cl)nnc2-c2ccncc2)cc1. The minimum absolute atomic E-state index is 0.0514. The van der Waals surface area contributed by atoms with E-state index in [9.17, 15) is 4.79 Å². The van der Waals surface area contributed by atoms with Crippen LogP contribution in [0.3, 0.4) is 0 Å². The molecule has 0 saturated heterocycles. The van der Waals surface area contributed by atoms with E-state index in [2.05, 4.69) is 15.2 Å². The summed E-state index contributed by atoms with van der Waals surface area (Å²) < 4.78 is 1.96. The van der Waals surface area contributed by atoms with E-state index in [1.165, 1.54) is 11.8 Å². The standard InChI is InChI=1S/C22H17ClN4OS/c1-15-6-8-17(9-7-15)27-21(16-10-12-24-13-11-16)25-26-22(27)29-14-20(28)18-4-2-3-5-19(18)23/h2-13H,14H2,1H3. The smallest absolute Gasteiger partial charge is 0.196 e. The monoisotopic (exact) mass is 420 g/mol. The third-order valence-corrected chi connectivity index (χ3v) is 5.63. The van der Waals surface area contributed by atoms with E-state index in [4.69, 9.17) is 11.6 Å². The molecule has 29 heavy (non-hydrogen) atoms. The maximum absolute atomic E-state index is 12.6. The van der Waals surface area contributed by atoms with Gasteiger partial charge in [-0.2, -0.15) is 0 Å². The van der Waals surface area contributed by atoms with Gasteiger partial charge in [-0.3, -0.25) is 14.3 Å². The van der Waals surface area contributed by atoms with Crippen molar-refractivity contribution in [1.29, 1.82) is 0 Å². The predicted octanol–water partition coefficient (Wildman–Crippen LogP) is 5.27. The first-order chi connectivity index (χ1) is 14.1. The Morgan fingerprint density at radius 1 is 1.00 bits per heavy atom. The number of ketones is 1. The molecule has 0 N–H and O–H groups in total. The zero-order valence-corrected chi connectivity index (χ0v) is 17.2.